The number of methoxy groups -OCH3 is 1. The molecule has 2 aromatic rings. The molecule has 9 heteroatoms. The molecule has 0 aliphatic carbocycles. The normalized spacial score (nSPS) is 16.3. The van der Waals surface area contributed by atoms with Gasteiger partial charge in [-0.25, -0.2) is 0 Å². The number of nitrogens with one attached hydrogen (secondary N) is 1. The molecular formula is C28H38N4O5. The topological polar surface area (TPSA) is 91.4 Å². The van der Waals surface area contributed by atoms with Crippen molar-refractivity contribution in [3.8, 4) is 5.75 Å². The summed E-state index contributed by atoms with van der Waals surface area (Å²) in [5, 5.41) is 2.76. The Balaban J connectivity index is 1.73. The quantitative estimate of drug-likeness (QED) is 0.500. The molecule has 0 radical (unpaired) electrons. The Labute approximate surface area is 219 Å². The van der Waals surface area contributed by atoms with Crippen LogP contribution in [0.1, 0.15) is 31.9 Å². The first-order valence-electron chi connectivity index (χ1n) is 12.7. The molecule has 0 unspecified atom stereocenters. The number of ether oxygens (including phenoxy) is 2. The molecule has 3 amide bonds. The van der Waals surface area contributed by atoms with Crippen LogP contribution >= 0.6 is 0 Å². The van der Waals surface area contributed by atoms with Crippen LogP contribution in [0.3, 0.4) is 0 Å². The number of nitrogens with zero attached hydrogens (tertiary/aromatic N) is 3. The van der Waals surface area contributed by atoms with Crippen LogP contribution in [-0.2, 0) is 32.2 Å². The zero-order valence-corrected chi connectivity index (χ0v) is 22.2. The Morgan fingerprint density at radius 2 is 1.59 bits per heavy atom. The highest BCUT2D eigenvalue weighted by atomic mass is 16.5. The zero-order valence-electron chi connectivity index (χ0n) is 22.2. The molecule has 9 nitrogen and oxygen atoms in total. The second kappa shape index (κ2) is 13.8. The van der Waals surface area contributed by atoms with Gasteiger partial charge in [-0.1, -0.05) is 24.3 Å². The van der Waals surface area contributed by atoms with E-state index in [1.165, 1.54) is 6.92 Å². The molecule has 1 aliphatic rings. The van der Waals surface area contributed by atoms with Crippen LogP contribution in [0, 0.1) is 0 Å². The zero-order chi connectivity index (χ0) is 26.8. The molecule has 1 atom stereocenters. The highest BCUT2D eigenvalue weighted by Crippen LogP contribution is 2.18. The van der Waals surface area contributed by atoms with Gasteiger partial charge in [0.05, 0.1) is 19.8 Å². The van der Waals surface area contributed by atoms with Gasteiger partial charge in [-0.2, -0.15) is 0 Å². The fourth-order valence-electron chi connectivity index (χ4n) is 4.39. The Bertz CT molecular complexity index is 1040. The van der Waals surface area contributed by atoms with Crippen LogP contribution in [0.25, 0.3) is 0 Å². The third-order valence-electron chi connectivity index (χ3n) is 6.37. The van der Waals surface area contributed by atoms with Gasteiger partial charge in [0, 0.05) is 51.9 Å². The standard InChI is InChI=1S/C28H38N4O5/c1-5-31(6-2)28(35)20-37-26-17-30(15-22-7-11-24(12-8-22)29-21(3)33)19-27(34)32(18-26)16-23-9-13-25(36-4)14-10-23/h7-14,26H,5-6,15-20H2,1-4H3,(H,29,33)/t26-/m0/s1. The number of anilines is 1. The fourth-order valence-corrected chi connectivity index (χ4v) is 4.39. The molecule has 0 aromatic heterocycles. The molecule has 1 heterocycles. The summed E-state index contributed by atoms with van der Waals surface area (Å²) in [7, 11) is 1.62. The van der Waals surface area contributed by atoms with Crippen LogP contribution in [0.2, 0.25) is 0 Å². The molecule has 200 valence electrons. The lowest BCUT2D eigenvalue weighted by atomic mass is 10.2. The van der Waals surface area contributed by atoms with E-state index in [1.54, 1.807) is 16.9 Å². The average Bonchev–Trinajstić information content (AvgIpc) is 3.02. The van der Waals surface area contributed by atoms with Gasteiger partial charge in [0.25, 0.3) is 0 Å². The molecule has 0 bridgehead atoms. The first-order chi connectivity index (χ1) is 17.8. The fraction of sp³-hybridized carbons (Fsp3) is 0.464. The Kier molecular flexibility index (Phi) is 10.5. The van der Waals surface area contributed by atoms with Crippen molar-refractivity contribution in [1.29, 1.82) is 0 Å². The smallest absolute Gasteiger partial charge is 0.248 e. The van der Waals surface area contributed by atoms with Crippen molar-refractivity contribution < 1.29 is 23.9 Å². The summed E-state index contributed by atoms with van der Waals surface area (Å²) < 4.78 is 11.3. The van der Waals surface area contributed by atoms with Crippen molar-refractivity contribution in [3.05, 3.63) is 59.7 Å². The number of benzene rings is 2. The molecule has 3 rings (SSSR count). The van der Waals surface area contributed by atoms with Crippen molar-refractivity contribution in [1.82, 2.24) is 14.7 Å². The van der Waals surface area contributed by atoms with E-state index in [1.807, 2.05) is 62.4 Å². The average molecular weight is 511 g/mol. The van der Waals surface area contributed by atoms with Crippen LogP contribution in [-0.4, -0.2) is 85.0 Å². The van der Waals surface area contributed by atoms with Crippen molar-refractivity contribution >= 4 is 23.4 Å². The van der Waals surface area contributed by atoms with Crippen molar-refractivity contribution in [2.45, 2.75) is 40.0 Å². The van der Waals surface area contributed by atoms with Crippen LogP contribution in [0.4, 0.5) is 5.69 Å². The van der Waals surface area contributed by atoms with Gasteiger partial charge < -0.3 is 24.6 Å². The minimum absolute atomic E-state index is 0.00635. The maximum atomic E-state index is 13.3. The number of hydrogen-bond donors (Lipinski definition) is 1. The van der Waals surface area contributed by atoms with Gasteiger partial charge in [0.1, 0.15) is 12.4 Å². The largest absolute Gasteiger partial charge is 0.497 e. The first-order valence-corrected chi connectivity index (χ1v) is 12.7. The van der Waals surface area contributed by atoms with E-state index in [9.17, 15) is 14.4 Å². The van der Waals surface area contributed by atoms with Gasteiger partial charge in [0.15, 0.2) is 0 Å². The third kappa shape index (κ3) is 8.58. The summed E-state index contributed by atoms with van der Waals surface area (Å²) in [6, 6.07) is 15.2. The van der Waals surface area contributed by atoms with Crippen LogP contribution in [0.15, 0.2) is 48.5 Å². The monoisotopic (exact) mass is 510 g/mol. The van der Waals surface area contributed by atoms with Crippen molar-refractivity contribution in [3.63, 3.8) is 0 Å². The van der Waals surface area contributed by atoms with Crippen LogP contribution < -0.4 is 10.1 Å². The molecule has 2 aromatic carbocycles. The Morgan fingerprint density at radius 1 is 0.973 bits per heavy atom. The van der Waals surface area contributed by atoms with Gasteiger partial charge in [-0.05, 0) is 49.2 Å². The van der Waals surface area contributed by atoms with Gasteiger partial charge >= 0.3 is 0 Å². The second-order valence-corrected chi connectivity index (χ2v) is 9.17. The molecule has 1 aliphatic heterocycles. The van der Waals surface area contributed by atoms with E-state index in [0.717, 1.165) is 22.6 Å². The summed E-state index contributed by atoms with van der Waals surface area (Å²) in [4.78, 5) is 42.8. The van der Waals surface area contributed by atoms with E-state index >= 15 is 0 Å². The predicted molar refractivity (Wildman–Crippen MR) is 142 cm³/mol. The summed E-state index contributed by atoms with van der Waals surface area (Å²) in [6.07, 6.45) is -0.317. The highest BCUT2D eigenvalue weighted by Gasteiger charge is 2.29. The minimum Gasteiger partial charge on any atom is -0.497 e. The van der Waals surface area contributed by atoms with E-state index in [2.05, 4.69) is 10.2 Å². The summed E-state index contributed by atoms with van der Waals surface area (Å²) >= 11 is 0. The second-order valence-electron chi connectivity index (χ2n) is 9.17. The van der Waals surface area contributed by atoms with E-state index in [4.69, 9.17) is 9.47 Å². The van der Waals surface area contributed by atoms with Gasteiger partial charge in [-0.3, -0.25) is 19.3 Å². The maximum absolute atomic E-state index is 13.3. The van der Waals surface area contributed by atoms with Gasteiger partial charge in [-0.15, -0.1) is 0 Å². The Hall–Kier alpha value is -3.43. The lowest BCUT2D eigenvalue weighted by Crippen LogP contribution is -2.40. The Morgan fingerprint density at radius 3 is 2.19 bits per heavy atom. The predicted octanol–water partition coefficient (Wildman–Crippen LogP) is 2.75. The number of carbonyl (C=O) groups excluding carboxylic acids is 3. The molecule has 1 fully saturated rings. The van der Waals surface area contributed by atoms with E-state index in [0.29, 0.717) is 39.3 Å². The van der Waals surface area contributed by atoms with E-state index < -0.39 is 0 Å². The molecular weight excluding hydrogens is 472 g/mol. The number of amides is 3. The molecule has 0 saturated carbocycles. The number of carbonyl (C=O) groups is 3. The number of hydrogen-bond acceptors (Lipinski definition) is 6. The summed E-state index contributed by atoms with van der Waals surface area (Å²) in [5.41, 5.74) is 2.74. The summed E-state index contributed by atoms with van der Waals surface area (Å²) in [6.45, 7) is 8.76. The number of likely N-dealkylation sites (N-methyl/N-ethyl adjacent to an activating group) is 1. The minimum atomic E-state index is -0.317. The SMILES string of the molecule is CCN(CC)C(=O)CO[C@H]1CN(Cc2ccc(NC(C)=O)cc2)CC(=O)N(Cc2ccc(OC)cc2)C1. The lowest BCUT2D eigenvalue weighted by Gasteiger charge is -2.26. The van der Waals surface area contributed by atoms with Crippen molar-refractivity contribution in [2.75, 3.05) is 51.8 Å². The molecule has 1 saturated heterocycles. The summed E-state index contributed by atoms with van der Waals surface area (Å²) in [5.74, 6) is 0.592. The van der Waals surface area contributed by atoms with Crippen molar-refractivity contribution in [2.24, 2.45) is 0 Å². The number of rotatable bonds is 11. The first kappa shape index (κ1) is 28.1. The maximum Gasteiger partial charge on any atom is 0.248 e. The molecule has 37 heavy (non-hydrogen) atoms. The lowest BCUT2D eigenvalue weighted by molar-refractivity contribution is -0.138. The van der Waals surface area contributed by atoms with Crippen LogP contribution in [0.5, 0.6) is 5.75 Å². The molecule has 0 spiro atoms. The third-order valence-corrected chi connectivity index (χ3v) is 6.37. The van der Waals surface area contributed by atoms with Gasteiger partial charge in [0.2, 0.25) is 17.7 Å². The highest BCUT2D eigenvalue weighted by molar-refractivity contribution is 5.88. The van der Waals surface area contributed by atoms with E-state index in [-0.39, 0.29) is 37.0 Å². The molecule has 1 N–H and O–H groups in total.